The first kappa shape index (κ1) is 16.0. The third-order valence-electron chi connectivity index (χ3n) is 4.99. The number of carbonyl (C=O) groups is 1. The minimum absolute atomic E-state index is 0.108. The van der Waals surface area contributed by atoms with Gasteiger partial charge in [-0.15, -0.1) is 0 Å². The summed E-state index contributed by atoms with van der Waals surface area (Å²) in [6, 6.07) is 6.04. The molecule has 0 aromatic heterocycles. The summed E-state index contributed by atoms with van der Waals surface area (Å²) in [5.74, 6) is -0.325. The van der Waals surface area contributed by atoms with E-state index in [0.717, 1.165) is 12.1 Å². The predicted molar refractivity (Wildman–Crippen MR) is 89.6 cm³/mol. The molecule has 0 fully saturated rings. The molecule has 4 nitrogen and oxygen atoms in total. The van der Waals surface area contributed by atoms with Crippen molar-refractivity contribution in [2.24, 2.45) is 0 Å². The number of nitrogens with one attached hydrogen (secondary N) is 2. The molecule has 23 heavy (non-hydrogen) atoms. The number of halogens is 1. The summed E-state index contributed by atoms with van der Waals surface area (Å²) in [6.45, 7) is 8.32. The molecule has 3 rings (SSSR count). The van der Waals surface area contributed by atoms with Crippen LogP contribution in [0.15, 0.2) is 30.2 Å². The Morgan fingerprint density at radius 1 is 1.39 bits per heavy atom. The van der Waals surface area contributed by atoms with E-state index in [1.165, 1.54) is 22.2 Å². The van der Waals surface area contributed by atoms with E-state index in [9.17, 15) is 9.18 Å². The number of amides is 1. The number of nitrogens with zero attached hydrogens (tertiary/aromatic N) is 1. The van der Waals surface area contributed by atoms with Crippen LogP contribution in [0.25, 0.3) is 0 Å². The fraction of sp³-hybridized carbons (Fsp3) is 0.500. The summed E-state index contributed by atoms with van der Waals surface area (Å²) in [4.78, 5) is 12.7. The molecule has 1 heterocycles. The van der Waals surface area contributed by atoms with Crippen molar-refractivity contribution in [3.05, 3.63) is 41.4 Å². The number of fused-ring (bicyclic) bond motifs is 1. The van der Waals surface area contributed by atoms with Gasteiger partial charge >= 0.3 is 0 Å². The Kier molecular flexibility index (Phi) is 3.52. The standard InChI is InChI=1S/C18H24FN3O/c1-11-9-17(2,3)12-7-6-8-13(15(11)12)20-16(23)18(4)10-14(19)22(5)21-18/h6-8,10-11,21H,9H2,1-5H3,(H,20,23). The quantitative estimate of drug-likeness (QED) is 0.821. The largest absolute Gasteiger partial charge is 0.324 e. The zero-order chi connectivity index (χ0) is 17.0. The van der Waals surface area contributed by atoms with Crippen LogP contribution in [0.1, 0.15) is 51.2 Å². The smallest absolute Gasteiger partial charge is 0.250 e. The van der Waals surface area contributed by atoms with Crippen molar-refractivity contribution in [3.63, 3.8) is 0 Å². The van der Waals surface area contributed by atoms with Crippen molar-refractivity contribution in [3.8, 4) is 0 Å². The fourth-order valence-electron chi connectivity index (χ4n) is 3.91. The van der Waals surface area contributed by atoms with Crippen LogP contribution in [0, 0.1) is 0 Å². The monoisotopic (exact) mass is 317 g/mol. The van der Waals surface area contributed by atoms with Crippen molar-refractivity contribution < 1.29 is 9.18 Å². The lowest BCUT2D eigenvalue weighted by atomic mass is 9.86. The molecule has 5 heteroatoms. The van der Waals surface area contributed by atoms with Gasteiger partial charge in [0.2, 0.25) is 11.9 Å². The summed E-state index contributed by atoms with van der Waals surface area (Å²) in [6.07, 6.45) is 2.36. The topological polar surface area (TPSA) is 44.4 Å². The van der Waals surface area contributed by atoms with E-state index in [-0.39, 0.29) is 11.3 Å². The minimum Gasteiger partial charge on any atom is -0.324 e. The highest BCUT2D eigenvalue weighted by atomic mass is 19.1. The maximum absolute atomic E-state index is 13.6. The molecule has 1 aliphatic heterocycles. The van der Waals surface area contributed by atoms with Crippen molar-refractivity contribution in [1.29, 1.82) is 0 Å². The predicted octanol–water partition coefficient (Wildman–Crippen LogP) is 3.43. The van der Waals surface area contributed by atoms with E-state index in [2.05, 4.69) is 37.6 Å². The Bertz CT molecular complexity index is 698. The second-order valence-electron chi connectivity index (χ2n) is 7.55. The van der Waals surface area contributed by atoms with Crippen LogP contribution in [0.3, 0.4) is 0 Å². The SMILES string of the molecule is CC1CC(C)(C)c2cccc(NC(=O)C3(C)C=C(F)N(C)N3)c21. The molecule has 1 aliphatic carbocycles. The molecule has 1 amide bonds. The average Bonchev–Trinajstić information content (AvgIpc) is 2.85. The zero-order valence-electron chi connectivity index (χ0n) is 14.3. The van der Waals surface area contributed by atoms with Crippen molar-refractivity contribution >= 4 is 11.6 Å². The van der Waals surface area contributed by atoms with Crippen molar-refractivity contribution in [1.82, 2.24) is 10.4 Å². The third-order valence-corrected chi connectivity index (χ3v) is 4.99. The molecule has 0 saturated heterocycles. The van der Waals surface area contributed by atoms with Crippen molar-refractivity contribution in [2.75, 3.05) is 12.4 Å². The van der Waals surface area contributed by atoms with E-state index >= 15 is 0 Å². The highest BCUT2D eigenvalue weighted by Crippen LogP contribution is 2.48. The number of hydrogen-bond donors (Lipinski definition) is 2. The molecule has 2 aliphatic rings. The maximum atomic E-state index is 13.6. The number of benzene rings is 1. The van der Waals surface area contributed by atoms with Gasteiger partial charge in [-0.2, -0.15) is 4.39 Å². The molecule has 2 N–H and O–H groups in total. The summed E-state index contributed by atoms with van der Waals surface area (Å²) >= 11 is 0. The molecule has 124 valence electrons. The number of hydrogen-bond acceptors (Lipinski definition) is 3. The Balaban J connectivity index is 1.91. The first-order valence-electron chi connectivity index (χ1n) is 7.99. The minimum atomic E-state index is -1.08. The Labute approximate surface area is 136 Å². The Morgan fingerprint density at radius 2 is 2.09 bits per heavy atom. The number of rotatable bonds is 2. The fourth-order valence-corrected chi connectivity index (χ4v) is 3.91. The molecule has 0 bridgehead atoms. The third kappa shape index (κ3) is 2.53. The van der Waals surface area contributed by atoms with Crippen molar-refractivity contribution in [2.45, 2.75) is 51.0 Å². The van der Waals surface area contributed by atoms with Crippen LogP contribution >= 0.6 is 0 Å². The van der Waals surface area contributed by atoms with Gasteiger partial charge in [0.25, 0.3) is 0 Å². The van der Waals surface area contributed by atoms with E-state index in [0.29, 0.717) is 5.92 Å². The van der Waals surface area contributed by atoms with Gasteiger partial charge in [0.15, 0.2) is 0 Å². The molecule has 1 aromatic carbocycles. The van der Waals surface area contributed by atoms with Crippen LogP contribution < -0.4 is 10.7 Å². The highest BCUT2D eigenvalue weighted by molar-refractivity contribution is 6.00. The number of hydrazine groups is 1. The van der Waals surface area contributed by atoms with Crippen LogP contribution in [0.2, 0.25) is 0 Å². The van der Waals surface area contributed by atoms with Crippen LogP contribution in [-0.2, 0) is 10.2 Å². The molecular formula is C18H24FN3O. The van der Waals surface area contributed by atoms with Gasteiger partial charge in [-0.05, 0) is 41.9 Å². The molecule has 1 aromatic rings. The molecule has 2 unspecified atom stereocenters. The summed E-state index contributed by atoms with van der Waals surface area (Å²) in [5.41, 5.74) is 5.19. The summed E-state index contributed by atoms with van der Waals surface area (Å²) < 4.78 is 13.6. The van der Waals surface area contributed by atoms with Gasteiger partial charge in [-0.25, -0.2) is 5.43 Å². The van der Waals surface area contributed by atoms with Gasteiger partial charge in [0, 0.05) is 18.8 Å². The van der Waals surface area contributed by atoms with Gasteiger partial charge in [0.1, 0.15) is 5.54 Å². The lowest BCUT2D eigenvalue weighted by Gasteiger charge is -2.25. The first-order valence-corrected chi connectivity index (χ1v) is 7.99. The molecule has 0 radical (unpaired) electrons. The lowest BCUT2D eigenvalue weighted by molar-refractivity contribution is -0.120. The first-order chi connectivity index (χ1) is 10.6. The molecule has 0 spiro atoms. The van der Waals surface area contributed by atoms with E-state index in [1.54, 1.807) is 14.0 Å². The Morgan fingerprint density at radius 3 is 2.70 bits per heavy atom. The van der Waals surface area contributed by atoms with Crippen LogP contribution in [-0.4, -0.2) is 23.5 Å². The number of carbonyl (C=O) groups excluding carboxylic acids is 1. The lowest BCUT2D eigenvalue weighted by Crippen LogP contribution is -2.51. The summed E-state index contributed by atoms with van der Waals surface area (Å²) in [7, 11) is 1.55. The number of anilines is 1. The van der Waals surface area contributed by atoms with Crippen LogP contribution in [0.4, 0.5) is 10.1 Å². The van der Waals surface area contributed by atoms with Gasteiger partial charge in [0.05, 0.1) is 0 Å². The zero-order valence-corrected chi connectivity index (χ0v) is 14.3. The molecule has 2 atom stereocenters. The van der Waals surface area contributed by atoms with Gasteiger partial charge in [-0.3, -0.25) is 9.80 Å². The summed E-state index contributed by atoms with van der Waals surface area (Å²) in [5, 5.41) is 4.22. The Hall–Kier alpha value is -1.88. The molecular weight excluding hydrogens is 293 g/mol. The normalized spacial score (nSPS) is 28.5. The van der Waals surface area contributed by atoms with E-state index < -0.39 is 11.5 Å². The van der Waals surface area contributed by atoms with Crippen LogP contribution in [0.5, 0.6) is 0 Å². The van der Waals surface area contributed by atoms with E-state index in [1.807, 2.05) is 12.1 Å². The van der Waals surface area contributed by atoms with Gasteiger partial charge in [-0.1, -0.05) is 32.9 Å². The highest BCUT2D eigenvalue weighted by Gasteiger charge is 2.40. The second-order valence-corrected chi connectivity index (χ2v) is 7.55. The van der Waals surface area contributed by atoms with E-state index in [4.69, 9.17) is 0 Å². The average molecular weight is 317 g/mol. The second kappa shape index (κ2) is 5.06. The molecule has 0 saturated carbocycles. The maximum Gasteiger partial charge on any atom is 0.250 e. The van der Waals surface area contributed by atoms with Gasteiger partial charge < -0.3 is 5.32 Å².